The highest BCUT2D eigenvalue weighted by atomic mass is 79.9. The smallest absolute Gasteiger partial charge is 0.419 e. The van der Waals surface area contributed by atoms with Gasteiger partial charge in [-0.3, -0.25) is 5.01 Å². The SMILES string of the molecule is Cc1c(C)c(O)n(N(C)c2ccc(C(F)(F)F)c(Br)n2)c1O. The van der Waals surface area contributed by atoms with Crippen LogP contribution in [0.2, 0.25) is 0 Å². The van der Waals surface area contributed by atoms with Gasteiger partial charge in [-0.1, -0.05) is 0 Å². The molecule has 0 spiro atoms. The normalized spacial score (nSPS) is 11.8. The van der Waals surface area contributed by atoms with E-state index in [-0.39, 0.29) is 22.2 Å². The van der Waals surface area contributed by atoms with Crippen LogP contribution in [-0.2, 0) is 6.18 Å². The van der Waals surface area contributed by atoms with Gasteiger partial charge in [-0.25, -0.2) is 4.98 Å². The minimum absolute atomic E-state index is 0.112. The van der Waals surface area contributed by atoms with Crippen LogP contribution in [0.3, 0.4) is 0 Å². The van der Waals surface area contributed by atoms with Crippen molar-refractivity contribution in [2.24, 2.45) is 0 Å². The average Bonchev–Trinajstić information content (AvgIpc) is 2.61. The van der Waals surface area contributed by atoms with Crippen molar-refractivity contribution in [1.82, 2.24) is 9.66 Å². The molecule has 0 aliphatic rings. The van der Waals surface area contributed by atoms with Gasteiger partial charge in [0.2, 0.25) is 11.8 Å². The highest BCUT2D eigenvalue weighted by Crippen LogP contribution is 2.37. The van der Waals surface area contributed by atoms with E-state index in [1.54, 1.807) is 13.8 Å². The fraction of sp³-hybridized carbons (Fsp3) is 0.308. The molecule has 0 bridgehead atoms. The summed E-state index contributed by atoms with van der Waals surface area (Å²) < 4.78 is 38.9. The Kier molecular flexibility index (Phi) is 4.03. The van der Waals surface area contributed by atoms with Crippen molar-refractivity contribution < 1.29 is 23.4 Å². The van der Waals surface area contributed by atoms with E-state index < -0.39 is 11.7 Å². The average molecular weight is 380 g/mol. The summed E-state index contributed by atoms with van der Waals surface area (Å²) in [6.45, 7) is 3.23. The van der Waals surface area contributed by atoms with Gasteiger partial charge < -0.3 is 10.2 Å². The Labute approximate surface area is 132 Å². The second kappa shape index (κ2) is 5.38. The minimum Gasteiger partial charge on any atom is -0.493 e. The number of nitrogens with zero attached hydrogens (tertiary/aromatic N) is 3. The summed E-state index contributed by atoms with van der Waals surface area (Å²) in [5.41, 5.74) is 0.0311. The number of anilines is 1. The van der Waals surface area contributed by atoms with Crippen LogP contribution < -0.4 is 5.01 Å². The number of hydrogen-bond donors (Lipinski definition) is 2. The van der Waals surface area contributed by atoms with E-state index in [2.05, 4.69) is 20.9 Å². The van der Waals surface area contributed by atoms with Gasteiger partial charge in [0.25, 0.3) is 0 Å². The fourth-order valence-corrected chi connectivity index (χ4v) is 2.50. The molecular weight excluding hydrogens is 367 g/mol. The standard InChI is InChI=1S/C13H13BrF3N3O2/c1-6-7(2)12(22)20(11(6)21)19(3)9-5-4-8(10(14)18-9)13(15,16)17/h4-5,21-22H,1-3H3. The molecule has 0 saturated heterocycles. The quantitative estimate of drug-likeness (QED) is 0.782. The first kappa shape index (κ1) is 16.5. The maximum Gasteiger partial charge on any atom is 0.419 e. The highest BCUT2D eigenvalue weighted by molar-refractivity contribution is 9.10. The van der Waals surface area contributed by atoms with Crippen LogP contribution in [0.4, 0.5) is 19.0 Å². The van der Waals surface area contributed by atoms with Gasteiger partial charge in [-0.2, -0.15) is 17.8 Å². The highest BCUT2D eigenvalue weighted by Gasteiger charge is 2.34. The first-order valence-electron chi connectivity index (χ1n) is 6.13. The summed E-state index contributed by atoms with van der Waals surface area (Å²) in [4.78, 5) is 3.82. The maximum absolute atomic E-state index is 12.7. The molecule has 2 N–H and O–H groups in total. The van der Waals surface area contributed by atoms with Crippen LogP contribution in [0.5, 0.6) is 11.8 Å². The van der Waals surface area contributed by atoms with E-state index in [4.69, 9.17) is 0 Å². The topological polar surface area (TPSA) is 61.5 Å². The van der Waals surface area contributed by atoms with Crippen molar-refractivity contribution in [2.75, 3.05) is 12.1 Å². The molecule has 0 aliphatic carbocycles. The third-order valence-electron chi connectivity index (χ3n) is 3.41. The van der Waals surface area contributed by atoms with Gasteiger partial charge in [-0.15, -0.1) is 0 Å². The van der Waals surface area contributed by atoms with Gasteiger partial charge in [0.1, 0.15) is 10.4 Å². The van der Waals surface area contributed by atoms with Crippen LogP contribution in [0.15, 0.2) is 16.7 Å². The fourth-order valence-electron chi connectivity index (χ4n) is 1.96. The number of hydrogen-bond acceptors (Lipinski definition) is 4. The predicted molar refractivity (Wildman–Crippen MR) is 78.0 cm³/mol. The monoisotopic (exact) mass is 379 g/mol. The summed E-state index contributed by atoms with van der Waals surface area (Å²) >= 11 is 2.79. The van der Waals surface area contributed by atoms with E-state index >= 15 is 0 Å². The Hall–Kier alpha value is -1.90. The van der Waals surface area contributed by atoms with E-state index in [0.29, 0.717) is 11.1 Å². The number of alkyl halides is 3. The van der Waals surface area contributed by atoms with Crippen molar-refractivity contribution in [3.05, 3.63) is 33.4 Å². The molecule has 0 amide bonds. The first-order valence-corrected chi connectivity index (χ1v) is 6.92. The molecule has 0 unspecified atom stereocenters. The number of aromatic nitrogens is 2. The molecule has 120 valence electrons. The van der Waals surface area contributed by atoms with Crippen molar-refractivity contribution in [1.29, 1.82) is 0 Å². The van der Waals surface area contributed by atoms with E-state index in [0.717, 1.165) is 16.8 Å². The number of pyridine rings is 1. The molecule has 2 aromatic heterocycles. The molecule has 0 aromatic carbocycles. The second-order valence-corrected chi connectivity index (χ2v) is 5.49. The van der Waals surface area contributed by atoms with Gasteiger partial charge in [0.05, 0.1) is 5.56 Å². The number of rotatable bonds is 2. The Morgan fingerprint density at radius 1 is 1.14 bits per heavy atom. The molecule has 9 heteroatoms. The summed E-state index contributed by atoms with van der Waals surface area (Å²) in [7, 11) is 1.46. The molecule has 0 fully saturated rings. The molecule has 2 heterocycles. The Balaban J connectivity index is 2.50. The van der Waals surface area contributed by atoms with E-state index in [1.807, 2.05) is 0 Å². The Morgan fingerprint density at radius 2 is 1.64 bits per heavy atom. The molecule has 0 aliphatic heterocycles. The van der Waals surface area contributed by atoms with Crippen molar-refractivity contribution in [2.45, 2.75) is 20.0 Å². The first-order chi connectivity index (χ1) is 10.1. The summed E-state index contributed by atoms with van der Waals surface area (Å²) in [5, 5.41) is 21.3. The van der Waals surface area contributed by atoms with Gasteiger partial charge in [0.15, 0.2) is 0 Å². The molecule has 22 heavy (non-hydrogen) atoms. The molecule has 0 atom stereocenters. The molecule has 2 rings (SSSR count). The van der Waals surface area contributed by atoms with Crippen LogP contribution in [0.1, 0.15) is 16.7 Å². The molecular formula is C13H13BrF3N3O2. The van der Waals surface area contributed by atoms with E-state index in [1.165, 1.54) is 12.1 Å². The van der Waals surface area contributed by atoms with E-state index in [9.17, 15) is 23.4 Å². The molecule has 5 nitrogen and oxygen atoms in total. The zero-order chi connectivity index (χ0) is 16.8. The van der Waals surface area contributed by atoms with Crippen molar-refractivity contribution >= 4 is 21.7 Å². The van der Waals surface area contributed by atoms with Crippen LogP contribution in [0.25, 0.3) is 0 Å². The van der Waals surface area contributed by atoms with Crippen LogP contribution >= 0.6 is 15.9 Å². The van der Waals surface area contributed by atoms with Gasteiger partial charge >= 0.3 is 6.18 Å². The lowest BCUT2D eigenvalue weighted by Crippen LogP contribution is -2.25. The van der Waals surface area contributed by atoms with Crippen molar-refractivity contribution in [3.63, 3.8) is 0 Å². The summed E-state index contributed by atoms with van der Waals surface area (Å²) in [6, 6.07) is 2.03. The lowest BCUT2D eigenvalue weighted by molar-refractivity contribution is -0.138. The van der Waals surface area contributed by atoms with Crippen molar-refractivity contribution in [3.8, 4) is 11.8 Å². The minimum atomic E-state index is -4.52. The lowest BCUT2D eigenvalue weighted by Gasteiger charge is -2.22. The third-order valence-corrected chi connectivity index (χ3v) is 4.01. The Bertz CT molecular complexity index is 703. The Morgan fingerprint density at radius 3 is 2.05 bits per heavy atom. The number of halogens is 4. The van der Waals surface area contributed by atoms with Crippen LogP contribution in [-0.4, -0.2) is 26.9 Å². The number of aromatic hydroxyl groups is 2. The zero-order valence-electron chi connectivity index (χ0n) is 11.9. The third kappa shape index (κ3) is 2.60. The predicted octanol–water partition coefficient (Wildman–Crippen LogP) is 3.59. The lowest BCUT2D eigenvalue weighted by atomic mass is 10.2. The van der Waals surface area contributed by atoms with Crippen LogP contribution in [0, 0.1) is 13.8 Å². The zero-order valence-corrected chi connectivity index (χ0v) is 13.5. The van der Waals surface area contributed by atoms with Gasteiger partial charge in [0, 0.05) is 18.2 Å². The molecule has 2 aromatic rings. The second-order valence-electron chi connectivity index (χ2n) is 4.74. The largest absolute Gasteiger partial charge is 0.493 e. The van der Waals surface area contributed by atoms with Gasteiger partial charge in [-0.05, 0) is 41.9 Å². The summed E-state index contributed by atoms with van der Waals surface area (Å²) in [5.74, 6) is -0.314. The summed E-state index contributed by atoms with van der Waals surface area (Å²) in [6.07, 6.45) is -4.52. The molecule has 0 saturated carbocycles. The molecule has 0 radical (unpaired) electrons. The maximum atomic E-state index is 12.7.